The van der Waals surface area contributed by atoms with Crippen LogP contribution in [0.15, 0.2) is 11.1 Å². The van der Waals surface area contributed by atoms with Gasteiger partial charge in [0.15, 0.2) is 5.52 Å². The fourth-order valence-corrected chi connectivity index (χ4v) is 1.88. The van der Waals surface area contributed by atoms with Gasteiger partial charge < -0.3 is 9.72 Å². The topological polar surface area (TPSA) is 85.7 Å². The van der Waals surface area contributed by atoms with Gasteiger partial charge >= 0.3 is 0 Å². The van der Waals surface area contributed by atoms with Crippen molar-refractivity contribution in [1.29, 1.82) is 0 Å². The molecule has 0 amide bonds. The van der Waals surface area contributed by atoms with Gasteiger partial charge in [0.2, 0.25) is 5.65 Å². The molecule has 2 rings (SSSR count). The molecule has 0 aliphatic heterocycles. The molecule has 0 radical (unpaired) electrons. The summed E-state index contributed by atoms with van der Waals surface area (Å²) in [5.41, 5.74) is 0.654. The first-order chi connectivity index (χ1) is 9.33. The number of nitrogens with zero attached hydrogens (tertiary/aromatic N) is 4. The second-order valence-corrected chi connectivity index (χ2v) is 4.39. The summed E-state index contributed by atoms with van der Waals surface area (Å²) < 4.78 is 7.03. The van der Waals surface area contributed by atoms with E-state index in [2.05, 4.69) is 27.2 Å². The summed E-state index contributed by atoms with van der Waals surface area (Å²) in [6.45, 7) is 4.41. The van der Waals surface area contributed by atoms with E-state index < -0.39 is 0 Å². The highest BCUT2D eigenvalue weighted by Crippen LogP contribution is 2.04. The third-order valence-corrected chi connectivity index (χ3v) is 2.82. The summed E-state index contributed by atoms with van der Waals surface area (Å²) in [4.78, 5) is 18.2. The van der Waals surface area contributed by atoms with Crippen molar-refractivity contribution < 1.29 is 4.74 Å². The quantitative estimate of drug-likeness (QED) is 0.723. The third-order valence-electron chi connectivity index (χ3n) is 2.82. The highest BCUT2D eigenvalue weighted by Gasteiger charge is 2.08. The van der Waals surface area contributed by atoms with Crippen LogP contribution in [0.3, 0.4) is 0 Å². The molecule has 0 aromatic carbocycles. The van der Waals surface area contributed by atoms with E-state index in [4.69, 9.17) is 4.74 Å². The summed E-state index contributed by atoms with van der Waals surface area (Å²) in [7, 11) is 0. The number of aromatic nitrogens is 5. The van der Waals surface area contributed by atoms with E-state index in [1.807, 2.05) is 0 Å². The lowest BCUT2D eigenvalue weighted by atomic mass is 10.2. The first-order valence-electron chi connectivity index (χ1n) is 6.67. The Morgan fingerprint density at radius 3 is 3.05 bits per heavy atom. The molecular weight excluding hydrogens is 246 g/mol. The molecule has 0 fully saturated rings. The molecule has 0 atom stereocenters. The van der Waals surface area contributed by atoms with Crippen molar-refractivity contribution in [3.8, 4) is 0 Å². The number of fused-ring (bicyclic) bond motifs is 1. The van der Waals surface area contributed by atoms with Crippen LogP contribution in [0.1, 0.15) is 32.6 Å². The van der Waals surface area contributed by atoms with Crippen LogP contribution in [0, 0.1) is 0 Å². The van der Waals surface area contributed by atoms with Gasteiger partial charge in [-0.25, -0.2) is 9.67 Å². The molecule has 7 nitrogen and oxygen atoms in total. The maximum absolute atomic E-state index is 11.7. The van der Waals surface area contributed by atoms with Crippen LogP contribution in [0.2, 0.25) is 0 Å². The fourth-order valence-electron chi connectivity index (χ4n) is 1.88. The second-order valence-electron chi connectivity index (χ2n) is 4.39. The molecule has 0 saturated carbocycles. The summed E-state index contributed by atoms with van der Waals surface area (Å²) in [5.74, 6) is 0. The van der Waals surface area contributed by atoms with Crippen LogP contribution in [0.4, 0.5) is 0 Å². The van der Waals surface area contributed by atoms with Crippen molar-refractivity contribution in [2.75, 3.05) is 13.2 Å². The van der Waals surface area contributed by atoms with Gasteiger partial charge in [0.25, 0.3) is 5.56 Å². The summed E-state index contributed by atoms with van der Waals surface area (Å²) in [5, 5.41) is 7.83. The number of hydrogen-bond acceptors (Lipinski definition) is 5. The molecule has 2 heterocycles. The number of H-pyrrole nitrogens is 1. The van der Waals surface area contributed by atoms with Gasteiger partial charge in [0, 0.05) is 19.8 Å². The average molecular weight is 265 g/mol. The number of ether oxygens (including phenoxy) is 1. The van der Waals surface area contributed by atoms with Gasteiger partial charge in [-0.2, -0.15) is 0 Å². The lowest BCUT2D eigenvalue weighted by molar-refractivity contribution is 0.130. The van der Waals surface area contributed by atoms with Crippen molar-refractivity contribution in [3.63, 3.8) is 0 Å². The zero-order valence-electron chi connectivity index (χ0n) is 11.1. The van der Waals surface area contributed by atoms with Gasteiger partial charge in [-0.05, 0) is 25.7 Å². The first kappa shape index (κ1) is 13.7. The van der Waals surface area contributed by atoms with Gasteiger partial charge in [-0.3, -0.25) is 4.79 Å². The van der Waals surface area contributed by atoms with Crippen LogP contribution in [0.5, 0.6) is 0 Å². The molecule has 19 heavy (non-hydrogen) atoms. The van der Waals surface area contributed by atoms with Crippen molar-refractivity contribution in [1.82, 2.24) is 25.0 Å². The highest BCUT2D eigenvalue weighted by atomic mass is 16.5. The van der Waals surface area contributed by atoms with Crippen LogP contribution in [0.25, 0.3) is 11.2 Å². The first-order valence-corrected chi connectivity index (χ1v) is 6.67. The van der Waals surface area contributed by atoms with Gasteiger partial charge in [-0.1, -0.05) is 12.1 Å². The zero-order chi connectivity index (χ0) is 13.5. The fraction of sp³-hybridized carbons (Fsp3) is 0.667. The minimum atomic E-state index is -0.193. The van der Waals surface area contributed by atoms with Gasteiger partial charge in [0.1, 0.15) is 0 Å². The summed E-state index contributed by atoms with van der Waals surface area (Å²) in [6.07, 6.45) is 5.42. The lowest BCUT2D eigenvalue weighted by Crippen LogP contribution is -2.12. The standard InChI is InChI=1S/C12H19N5O2/c1-2-7-19-8-5-3-4-6-17-10-11(15-16-17)13-9-14-12(10)18/h9H,2-8H2,1H3,(H,13,14,18). The molecule has 104 valence electrons. The molecular formula is C12H19N5O2. The third kappa shape index (κ3) is 3.60. The minimum Gasteiger partial charge on any atom is -0.381 e. The van der Waals surface area contributed by atoms with E-state index in [-0.39, 0.29) is 5.56 Å². The number of hydrogen-bond donors (Lipinski definition) is 1. The molecule has 2 aromatic heterocycles. The summed E-state index contributed by atoms with van der Waals surface area (Å²) >= 11 is 0. The van der Waals surface area contributed by atoms with E-state index in [1.165, 1.54) is 6.33 Å². The molecule has 0 saturated heterocycles. The Bertz CT molecular complexity index is 562. The minimum absolute atomic E-state index is 0.193. The van der Waals surface area contributed by atoms with Crippen LogP contribution in [-0.2, 0) is 11.3 Å². The molecule has 0 bridgehead atoms. The number of aromatic amines is 1. The van der Waals surface area contributed by atoms with Gasteiger partial charge in [0.05, 0.1) is 6.33 Å². The van der Waals surface area contributed by atoms with Crippen LogP contribution >= 0.6 is 0 Å². The normalized spacial score (nSPS) is 11.2. The maximum atomic E-state index is 11.7. The van der Waals surface area contributed by atoms with Crippen molar-refractivity contribution in [3.05, 3.63) is 16.7 Å². The predicted octanol–water partition coefficient (Wildman–Crippen LogP) is 1.11. The number of rotatable bonds is 8. The van der Waals surface area contributed by atoms with E-state index >= 15 is 0 Å². The number of unbranched alkanes of at least 4 members (excludes halogenated alkanes) is 2. The zero-order valence-corrected chi connectivity index (χ0v) is 11.1. The Morgan fingerprint density at radius 2 is 2.21 bits per heavy atom. The average Bonchev–Trinajstić information content (AvgIpc) is 2.82. The highest BCUT2D eigenvalue weighted by molar-refractivity contribution is 5.67. The number of nitrogens with one attached hydrogen (secondary N) is 1. The Morgan fingerprint density at radius 1 is 1.32 bits per heavy atom. The molecule has 7 heteroatoms. The van der Waals surface area contributed by atoms with Crippen LogP contribution < -0.4 is 5.56 Å². The van der Waals surface area contributed by atoms with Crippen molar-refractivity contribution >= 4 is 11.2 Å². The predicted molar refractivity (Wildman–Crippen MR) is 70.9 cm³/mol. The lowest BCUT2D eigenvalue weighted by Gasteiger charge is -2.03. The largest absolute Gasteiger partial charge is 0.381 e. The van der Waals surface area contributed by atoms with Crippen molar-refractivity contribution in [2.24, 2.45) is 0 Å². The van der Waals surface area contributed by atoms with E-state index in [0.717, 1.165) is 38.9 Å². The van der Waals surface area contributed by atoms with Gasteiger partial charge in [-0.15, -0.1) is 5.10 Å². The Kier molecular flexibility index (Phi) is 5.02. The van der Waals surface area contributed by atoms with Crippen molar-refractivity contribution in [2.45, 2.75) is 39.2 Å². The van der Waals surface area contributed by atoms with Crippen LogP contribution in [-0.4, -0.2) is 38.2 Å². The monoisotopic (exact) mass is 265 g/mol. The molecule has 0 aliphatic carbocycles. The van der Waals surface area contributed by atoms with E-state index in [9.17, 15) is 4.79 Å². The molecule has 1 N–H and O–H groups in total. The molecule has 0 spiro atoms. The Balaban J connectivity index is 1.81. The maximum Gasteiger partial charge on any atom is 0.278 e. The van der Waals surface area contributed by atoms with E-state index in [0.29, 0.717) is 17.7 Å². The second kappa shape index (κ2) is 6.98. The molecule has 0 aliphatic rings. The Hall–Kier alpha value is -1.76. The Labute approximate surface area is 111 Å². The summed E-state index contributed by atoms with van der Waals surface area (Å²) in [6, 6.07) is 0. The van der Waals surface area contributed by atoms with E-state index in [1.54, 1.807) is 4.68 Å². The SMILES string of the molecule is CCCOCCCCCn1nnc2nc[nH]c(=O)c21. The number of aryl methyl sites for hydroxylation is 1. The smallest absolute Gasteiger partial charge is 0.278 e. The molecule has 0 unspecified atom stereocenters. The molecule has 2 aromatic rings.